The number of rotatable bonds is 2. The van der Waals surface area contributed by atoms with Gasteiger partial charge in [-0.2, -0.15) is 5.26 Å². The van der Waals surface area contributed by atoms with E-state index in [4.69, 9.17) is 11.6 Å². The number of anilines is 2. The van der Waals surface area contributed by atoms with Crippen molar-refractivity contribution in [2.24, 2.45) is 0 Å². The summed E-state index contributed by atoms with van der Waals surface area (Å²) in [5, 5.41) is 14.3. The SMILES string of the molecule is Cc1c(C#N)c(Nc2ccc(Cl)cc2)nc2ccccc12. The predicted molar refractivity (Wildman–Crippen MR) is 85.9 cm³/mol. The quantitative estimate of drug-likeness (QED) is 0.737. The van der Waals surface area contributed by atoms with Gasteiger partial charge in [-0.3, -0.25) is 0 Å². The first-order valence-electron chi connectivity index (χ1n) is 6.51. The van der Waals surface area contributed by atoms with Crippen molar-refractivity contribution in [2.75, 3.05) is 5.32 Å². The Bertz CT molecular complexity index is 848. The molecule has 3 rings (SSSR count). The molecule has 0 unspecified atom stereocenters. The maximum atomic E-state index is 9.43. The van der Waals surface area contributed by atoms with E-state index in [2.05, 4.69) is 16.4 Å². The minimum Gasteiger partial charge on any atom is -0.339 e. The summed E-state index contributed by atoms with van der Waals surface area (Å²) in [5.41, 5.74) is 3.20. The maximum absolute atomic E-state index is 9.43. The Kier molecular flexibility index (Phi) is 3.47. The van der Waals surface area contributed by atoms with E-state index in [1.54, 1.807) is 12.1 Å². The van der Waals surface area contributed by atoms with Crippen LogP contribution in [0.3, 0.4) is 0 Å². The van der Waals surface area contributed by atoms with Crippen molar-refractivity contribution >= 4 is 34.0 Å². The second kappa shape index (κ2) is 5.43. The molecule has 0 saturated heterocycles. The second-order valence-corrected chi connectivity index (χ2v) is 5.16. The number of nitriles is 1. The van der Waals surface area contributed by atoms with Crippen LogP contribution in [0.4, 0.5) is 11.5 Å². The summed E-state index contributed by atoms with van der Waals surface area (Å²) in [7, 11) is 0. The van der Waals surface area contributed by atoms with Crippen LogP contribution in [0.15, 0.2) is 48.5 Å². The monoisotopic (exact) mass is 293 g/mol. The van der Waals surface area contributed by atoms with E-state index < -0.39 is 0 Å². The van der Waals surface area contributed by atoms with Crippen molar-refractivity contribution in [1.82, 2.24) is 4.98 Å². The Balaban J connectivity index is 2.13. The molecule has 1 heterocycles. The first kappa shape index (κ1) is 13.4. The van der Waals surface area contributed by atoms with Crippen LogP contribution in [0.1, 0.15) is 11.1 Å². The van der Waals surface area contributed by atoms with Crippen molar-refractivity contribution in [3.05, 3.63) is 64.7 Å². The van der Waals surface area contributed by atoms with E-state index in [1.807, 2.05) is 43.3 Å². The van der Waals surface area contributed by atoms with E-state index in [0.717, 1.165) is 22.2 Å². The zero-order valence-corrected chi connectivity index (χ0v) is 12.1. The molecule has 3 aromatic rings. The molecule has 0 amide bonds. The van der Waals surface area contributed by atoms with Crippen molar-refractivity contribution in [3.8, 4) is 6.07 Å². The Hall–Kier alpha value is -2.57. The zero-order chi connectivity index (χ0) is 14.8. The van der Waals surface area contributed by atoms with Crippen molar-refractivity contribution in [1.29, 1.82) is 5.26 Å². The summed E-state index contributed by atoms with van der Waals surface area (Å²) in [6, 6.07) is 17.3. The summed E-state index contributed by atoms with van der Waals surface area (Å²) in [6.45, 7) is 1.94. The van der Waals surface area contributed by atoms with Gasteiger partial charge in [0.15, 0.2) is 0 Å². The molecular weight excluding hydrogens is 282 g/mol. The minimum atomic E-state index is 0.559. The first-order chi connectivity index (χ1) is 10.2. The molecule has 1 aromatic heterocycles. The predicted octanol–water partition coefficient (Wildman–Crippen LogP) is 4.81. The van der Waals surface area contributed by atoms with E-state index in [0.29, 0.717) is 16.4 Å². The topological polar surface area (TPSA) is 48.7 Å². The molecule has 0 atom stereocenters. The number of halogens is 1. The fourth-order valence-electron chi connectivity index (χ4n) is 2.27. The number of fused-ring (bicyclic) bond motifs is 1. The second-order valence-electron chi connectivity index (χ2n) is 4.72. The normalized spacial score (nSPS) is 10.3. The fraction of sp³-hybridized carbons (Fsp3) is 0.0588. The lowest BCUT2D eigenvalue weighted by atomic mass is 10.0. The Morgan fingerprint density at radius 3 is 2.52 bits per heavy atom. The molecule has 0 fully saturated rings. The van der Waals surface area contributed by atoms with Crippen molar-refractivity contribution < 1.29 is 0 Å². The highest BCUT2D eigenvalue weighted by Gasteiger charge is 2.11. The van der Waals surface area contributed by atoms with Crippen LogP contribution in [-0.4, -0.2) is 4.98 Å². The van der Waals surface area contributed by atoms with Gasteiger partial charge in [-0.1, -0.05) is 29.8 Å². The van der Waals surface area contributed by atoms with E-state index in [9.17, 15) is 5.26 Å². The number of nitrogens with zero attached hydrogens (tertiary/aromatic N) is 2. The lowest BCUT2D eigenvalue weighted by Crippen LogP contribution is -2.00. The van der Waals surface area contributed by atoms with Gasteiger partial charge in [-0.25, -0.2) is 4.98 Å². The van der Waals surface area contributed by atoms with E-state index in [1.165, 1.54) is 0 Å². The number of benzene rings is 2. The fourth-order valence-corrected chi connectivity index (χ4v) is 2.40. The van der Waals surface area contributed by atoms with Crippen LogP contribution < -0.4 is 5.32 Å². The Labute approximate surface area is 127 Å². The third kappa shape index (κ3) is 2.54. The third-order valence-electron chi connectivity index (χ3n) is 3.37. The number of para-hydroxylation sites is 1. The number of aryl methyl sites for hydroxylation is 1. The van der Waals surface area contributed by atoms with Crippen LogP contribution >= 0.6 is 11.6 Å². The smallest absolute Gasteiger partial charge is 0.149 e. The third-order valence-corrected chi connectivity index (χ3v) is 3.62. The summed E-state index contributed by atoms with van der Waals surface area (Å²) in [6.07, 6.45) is 0. The lowest BCUT2D eigenvalue weighted by Gasteiger charge is -2.11. The summed E-state index contributed by atoms with van der Waals surface area (Å²) in [5.74, 6) is 0.566. The number of nitrogens with one attached hydrogen (secondary N) is 1. The molecule has 0 aliphatic rings. The zero-order valence-electron chi connectivity index (χ0n) is 11.4. The highest BCUT2D eigenvalue weighted by molar-refractivity contribution is 6.30. The number of aromatic nitrogens is 1. The first-order valence-corrected chi connectivity index (χ1v) is 6.89. The number of hydrogen-bond acceptors (Lipinski definition) is 3. The molecule has 1 N–H and O–H groups in total. The summed E-state index contributed by atoms with van der Waals surface area (Å²) >= 11 is 5.88. The largest absolute Gasteiger partial charge is 0.339 e. The molecule has 0 radical (unpaired) electrons. The molecule has 4 heteroatoms. The van der Waals surface area contributed by atoms with Gasteiger partial charge in [0, 0.05) is 16.1 Å². The Morgan fingerprint density at radius 1 is 1.10 bits per heavy atom. The molecule has 2 aromatic carbocycles. The highest BCUT2D eigenvalue weighted by atomic mass is 35.5. The van der Waals surface area contributed by atoms with Gasteiger partial charge in [-0.15, -0.1) is 0 Å². The highest BCUT2D eigenvalue weighted by Crippen LogP contribution is 2.27. The minimum absolute atomic E-state index is 0.559. The number of pyridine rings is 1. The van der Waals surface area contributed by atoms with Gasteiger partial charge in [0.1, 0.15) is 11.9 Å². The summed E-state index contributed by atoms with van der Waals surface area (Å²) < 4.78 is 0. The molecule has 0 spiro atoms. The molecular formula is C17H12ClN3. The van der Waals surface area contributed by atoms with Gasteiger partial charge >= 0.3 is 0 Å². The molecule has 0 bridgehead atoms. The van der Waals surface area contributed by atoms with E-state index >= 15 is 0 Å². The molecule has 102 valence electrons. The molecule has 0 aliphatic carbocycles. The molecule has 0 aliphatic heterocycles. The van der Waals surface area contributed by atoms with Gasteiger partial charge in [0.05, 0.1) is 11.1 Å². The molecule has 21 heavy (non-hydrogen) atoms. The van der Waals surface area contributed by atoms with Crippen molar-refractivity contribution in [2.45, 2.75) is 6.92 Å². The standard InChI is InChI=1S/C17H12ClN3/c1-11-14-4-2-3-5-16(14)21-17(15(11)10-19)20-13-8-6-12(18)7-9-13/h2-9H,1H3,(H,20,21). The van der Waals surface area contributed by atoms with Crippen LogP contribution in [0.5, 0.6) is 0 Å². The molecule has 3 nitrogen and oxygen atoms in total. The van der Waals surface area contributed by atoms with Gasteiger partial charge < -0.3 is 5.32 Å². The van der Waals surface area contributed by atoms with Gasteiger partial charge in [-0.05, 0) is 42.8 Å². The van der Waals surface area contributed by atoms with Gasteiger partial charge in [0.25, 0.3) is 0 Å². The molecule has 0 saturated carbocycles. The average Bonchev–Trinajstić information content (AvgIpc) is 2.50. The van der Waals surface area contributed by atoms with Crippen LogP contribution in [0, 0.1) is 18.3 Å². The van der Waals surface area contributed by atoms with Gasteiger partial charge in [0.2, 0.25) is 0 Å². The van der Waals surface area contributed by atoms with Crippen LogP contribution in [0.2, 0.25) is 5.02 Å². The Morgan fingerprint density at radius 2 is 1.81 bits per heavy atom. The van der Waals surface area contributed by atoms with Crippen molar-refractivity contribution in [3.63, 3.8) is 0 Å². The van der Waals surface area contributed by atoms with E-state index in [-0.39, 0.29) is 0 Å². The maximum Gasteiger partial charge on any atom is 0.149 e. The average molecular weight is 294 g/mol. The number of hydrogen-bond donors (Lipinski definition) is 1. The summed E-state index contributed by atoms with van der Waals surface area (Å²) in [4.78, 5) is 4.56. The van der Waals surface area contributed by atoms with Crippen LogP contribution in [0.25, 0.3) is 10.9 Å². The van der Waals surface area contributed by atoms with Crippen LogP contribution in [-0.2, 0) is 0 Å². The lowest BCUT2D eigenvalue weighted by molar-refractivity contribution is 1.30.